The van der Waals surface area contributed by atoms with E-state index < -0.39 is 0 Å². The topological polar surface area (TPSA) is 56.0 Å². The van der Waals surface area contributed by atoms with Gasteiger partial charge >= 0.3 is 5.69 Å². The maximum atomic E-state index is 11.8. The average molecular weight is 323 g/mol. The van der Waals surface area contributed by atoms with Crippen molar-refractivity contribution in [3.63, 3.8) is 0 Å². The third kappa shape index (κ3) is 7.06. The molecule has 0 aromatic carbocycles. The van der Waals surface area contributed by atoms with E-state index in [9.17, 15) is 9.59 Å². The molecule has 1 aromatic heterocycles. The van der Waals surface area contributed by atoms with Crippen LogP contribution in [0.15, 0.2) is 15.7 Å². The summed E-state index contributed by atoms with van der Waals surface area (Å²) in [5, 5.41) is 3.20. The number of unbranched alkanes of at least 4 members (excludes halogenated alkanes) is 9. The SMILES string of the molecule is CCCCCCCCCCCCNc1cc(=O)n(C)c(=O)n1C. The van der Waals surface area contributed by atoms with Crippen LogP contribution in [0.2, 0.25) is 0 Å². The highest BCUT2D eigenvalue weighted by atomic mass is 16.2. The zero-order valence-electron chi connectivity index (χ0n) is 15.1. The minimum absolute atomic E-state index is 0.265. The summed E-state index contributed by atoms with van der Waals surface area (Å²) in [7, 11) is 3.18. The number of nitrogens with one attached hydrogen (secondary N) is 1. The summed E-state index contributed by atoms with van der Waals surface area (Å²) in [6.45, 7) is 3.05. The minimum atomic E-state index is -0.289. The van der Waals surface area contributed by atoms with Gasteiger partial charge in [-0.15, -0.1) is 0 Å². The molecule has 0 amide bonds. The summed E-state index contributed by atoms with van der Waals surface area (Å²) in [6, 6.07) is 1.48. The van der Waals surface area contributed by atoms with E-state index in [1.54, 1.807) is 7.05 Å². The van der Waals surface area contributed by atoms with E-state index in [4.69, 9.17) is 0 Å². The molecule has 5 nitrogen and oxygen atoms in total. The molecule has 0 saturated heterocycles. The van der Waals surface area contributed by atoms with Gasteiger partial charge in [0.05, 0.1) is 0 Å². The molecular formula is C18H33N3O2. The third-order valence-corrected chi connectivity index (χ3v) is 4.36. The Morgan fingerprint density at radius 2 is 1.35 bits per heavy atom. The Morgan fingerprint density at radius 1 is 0.826 bits per heavy atom. The molecule has 0 fully saturated rings. The summed E-state index contributed by atoms with van der Waals surface area (Å²) >= 11 is 0. The molecule has 23 heavy (non-hydrogen) atoms. The van der Waals surface area contributed by atoms with Crippen molar-refractivity contribution in [2.24, 2.45) is 14.1 Å². The minimum Gasteiger partial charge on any atom is -0.371 e. The van der Waals surface area contributed by atoms with Crippen molar-refractivity contribution >= 4 is 5.82 Å². The van der Waals surface area contributed by atoms with Crippen molar-refractivity contribution in [3.05, 3.63) is 26.9 Å². The van der Waals surface area contributed by atoms with Gasteiger partial charge in [-0.25, -0.2) is 4.79 Å². The lowest BCUT2D eigenvalue weighted by atomic mass is 10.1. The second-order valence-electron chi connectivity index (χ2n) is 6.38. The van der Waals surface area contributed by atoms with Gasteiger partial charge < -0.3 is 5.32 Å². The van der Waals surface area contributed by atoms with Crippen LogP contribution in [0, 0.1) is 0 Å². The van der Waals surface area contributed by atoms with Crippen molar-refractivity contribution < 1.29 is 0 Å². The van der Waals surface area contributed by atoms with E-state index in [-0.39, 0.29) is 11.2 Å². The number of aromatic nitrogens is 2. The van der Waals surface area contributed by atoms with Gasteiger partial charge in [-0.1, -0.05) is 64.7 Å². The van der Waals surface area contributed by atoms with Crippen molar-refractivity contribution in [3.8, 4) is 0 Å². The predicted molar refractivity (Wildman–Crippen MR) is 97.3 cm³/mol. The van der Waals surface area contributed by atoms with Gasteiger partial charge in [0, 0.05) is 26.7 Å². The summed E-state index contributed by atoms with van der Waals surface area (Å²) in [6.07, 6.45) is 13.0. The Bertz CT molecular complexity index is 560. The quantitative estimate of drug-likeness (QED) is 0.600. The molecule has 0 unspecified atom stereocenters. The van der Waals surface area contributed by atoms with Gasteiger partial charge in [-0.2, -0.15) is 0 Å². The van der Waals surface area contributed by atoms with Gasteiger partial charge in [-0.3, -0.25) is 13.9 Å². The first-order valence-electron chi connectivity index (χ1n) is 9.09. The van der Waals surface area contributed by atoms with Crippen LogP contribution in [-0.2, 0) is 14.1 Å². The lowest BCUT2D eigenvalue weighted by molar-refractivity contribution is 0.559. The highest BCUT2D eigenvalue weighted by Crippen LogP contribution is 2.10. The first kappa shape index (κ1) is 19.5. The molecule has 1 rings (SSSR count). The zero-order chi connectivity index (χ0) is 17.1. The van der Waals surface area contributed by atoms with Crippen molar-refractivity contribution in [2.45, 2.75) is 71.1 Å². The lowest BCUT2D eigenvalue weighted by Crippen LogP contribution is -2.37. The number of anilines is 1. The monoisotopic (exact) mass is 323 g/mol. The fourth-order valence-corrected chi connectivity index (χ4v) is 2.73. The Kier molecular flexibility index (Phi) is 9.41. The van der Waals surface area contributed by atoms with E-state index in [2.05, 4.69) is 12.2 Å². The van der Waals surface area contributed by atoms with Crippen molar-refractivity contribution in [1.29, 1.82) is 0 Å². The molecule has 1 heterocycles. The molecule has 0 saturated carbocycles. The van der Waals surface area contributed by atoms with Crippen molar-refractivity contribution in [1.82, 2.24) is 9.13 Å². The van der Waals surface area contributed by atoms with E-state index in [1.165, 1.54) is 75.5 Å². The normalized spacial score (nSPS) is 10.9. The Morgan fingerprint density at radius 3 is 1.91 bits per heavy atom. The Hall–Kier alpha value is -1.52. The highest BCUT2D eigenvalue weighted by Gasteiger charge is 2.04. The Balaban J connectivity index is 2.12. The molecule has 1 N–H and O–H groups in total. The van der Waals surface area contributed by atoms with Crippen LogP contribution in [0.4, 0.5) is 5.82 Å². The maximum Gasteiger partial charge on any atom is 0.332 e. The van der Waals surface area contributed by atoms with Gasteiger partial charge in [0.2, 0.25) is 0 Å². The van der Waals surface area contributed by atoms with Gasteiger partial charge in [0.1, 0.15) is 5.82 Å². The molecule has 0 aliphatic heterocycles. The van der Waals surface area contributed by atoms with Crippen molar-refractivity contribution in [2.75, 3.05) is 11.9 Å². The molecule has 1 aromatic rings. The molecule has 0 bridgehead atoms. The number of hydrogen-bond donors (Lipinski definition) is 1. The number of rotatable bonds is 12. The van der Waals surface area contributed by atoms with E-state index >= 15 is 0 Å². The standard InChI is InChI=1S/C18H33N3O2/c1-4-5-6-7-8-9-10-11-12-13-14-19-16-15-17(22)21(3)18(23)20(16)2/h15,19H,4-14H2,1-3H3. The van der Waals surface area contributed by atoms with Gasteiger partial charge in [-0.05, 0) is 6.42 Å². The molecule has 0 spiro atoms. The molecule has 0 aliphatic carbocycles. The molecule has 0 radical (unpaired) electrons. The third-order valence-electron chi connectivity index (χ3n) is 4.36. The summed E-state index contributed by atoms with van der Waals surface area (Å²) < 4.78 is 2.60. The average Bonchev–Trinajstić information content (AvgIpc) is 2.55. The van der Waals surface area contributed by atoms with Crippen LogP contribution >= 0.6 is 0 Å². The smallest absolute Gasteiger partial charge is 0.332 e. The second-order valence-corrected chi connectivity index (χ2v) is 6.38. The van der Waals surface area contributed by atoms with Crippen LogP contribution < -0.4 is 16.6 Å². The molecule has 132 valence electrons. The van der Waals surface area contributed by atoms with Crippen LogP contribution in [-0.4, -0.2) is 15.7 Å². The summed E-state index contributed by atoms with van der Waals surface area (Å²) in [4.78, 5) is 23.4. The number of hydrogen-bond acceptors (Lipinski definition) is 3. The lowest BCUT2D eigenvalue weighted by Gasteiger charge is -2.11. The summed E-state index contributed by atoms with van der Waals surface area (Å²) in [5.41, 5.74) is -0.554. The largest absolute Gasteiger partial charge is 0.371 e. The number of nitrogens with zero attached hydrogens (tertiary/aromatic N) is 2. The maximum absolute atomic E-state index is 11.8. The molecule has 5 heteroatoms. The van der Waals surface area contributed by atoms with Crippen LogP contribution in [0.3, 0.4) is 0 Å². The summed E-state index contributed by atoms with van der Waals surface area (Å²) in [5.74, 6) is 0.606. The molecule has 0 atom stereocenters. The Labute approximate surface area is 139 Å². The predicted octanol–water partition coefficient (Wildman–Crippen LogP) is 3.42. The zero-order valence-corrected chi connectivity index (χ0v) is 15.1. The van der Waals surface area contributed by atoms with Gasteiger partial charge in [0.25, 0.3) is 5.56 Å². The fraction of sp³-hybridized carbons (Fsp3) is 0.778. The van der Waals surface area contributed by atoms with E-state index in [0.29, 0.717) is 5.82 Å². The molecular weight excluding hydrogens is 290 g/mol. The van der Waals surface area contributed by atoms with Crippen LogP contribution in [0.25, 0.3) is 0 Å². The van der Waals surface area contributed by atoms with E-state index in [0.717, 1.165) is 17.5 Å². The highest BCUT2D eigenvalue weighted by molar-refractivity contribution is 5.33. The van der Waals surface area contributed by atoms with E-state index in [1.807, 2.05) is 0 Å². The molecule has 0 aliphatic rings. The van der Waals surface area contributed by atoms with Crippen LogP contribution in [0.1, 0.15) is 71.1 Å². The second kappa shape index (κ2) is 11.1. The first-order chi connectivity index (χ1) is 11.1. The van der Waals surface area contributed by atoms with Gasteiger partial charge in [0.15, 0.2) is 0 Å². The fourth-order valence-electron chi connectivity index (χ4n) is 2.73. The van der Waals surface area contributed by atoms with Crippen LogP contribution in [0.5, 0.6) is 0 Å². The first-order valence-corrected chi connectivity index (χ1v) is 9.09.